The second kappa shape index (κ2) is 11.7. The first kappa shape index (κ1) is 25.4. The molecular formula is C20H25F3IN5OS. The lowest BCUT2D eigenvalue weighted by Gasteiger charge is -2.17. The Morgan fingerprint density at radius 1 is 1.29 bits per heavy atom. The summed E-state index contributed by atoms with van der Waals surface area (Å²) in [6.45, 7) is 2.07. The van der Waals surface area contributed by atoms with E-state index in [4.69, 9.17) is 0 Å². The molecule has 6 nitrogen and oxygen atoms in total. The minimum Gasteiger partial charge on any atom is -0.356 e. The molecule has 0 saturated carbocycles. The van der Waals surface area contributed by atoms with Gasteiger partial charge in [0.2, 0.25) is 5.91 Å². The maximum Gasteiger partial charge on any atom is 0.434 e. The Morgan fingerprint density at radius 3 is 2.68 bits per heavy atom. The summed E-state index contributed by atoms with van der Waals surface area (Å²) < 4.78 is 37.9. The van der Waals surface area contributed by atoms with E-state index < -0.39 is 11.9 Å². The van der Waals surface area contributed by atoms with Gasteiger partial charge in [-0.25, -0.2) is 4.98 Å². The molecule has 0 bridgehead atoms. The van der Waals surface area contributed by atoms with Gasteiger partial charge in [0.1, 0.15) is 5.01 Å². The van der Waals surface area contributed by atoms with E-state index >= 15 is 0 Å². The summed E-state index contributed by atoms with van der Waals surface area (Å²) in [5, 5.41) is 7.44. The van der Waals surface area contributed by atoms with Crippen molar-refractivity contribution in [2.75, 3.05) is 26.7 Å². The molecule has 1 fully saturated rings. The van der Waals surface area contributed by atoms with Crippen molar-refractivity contribution in [2.45, 2.75) is 25.6 Å². The number of thiazole rings is 1. The molecule has 3 rings (SSSR count). The number of rotatable bonds is 7. The number of halogens is 4. The second-order valence-electron chi connectivity index (χ2n) is 7.08. The summed E-state index contributed by atoms with van der Waals surface area (Å²) in [7, 11) is 1.59. The van der Waals surface area contributed by atoms with Crippen LogP contribution in [0.1, 0.15) is 22.7 Å². The van der Waals surface area contributed by atoms with Crippen LogP contribution in [0.4, 0.5) is 13.2 Å². The van der Waals surface area contributed by atoms with Crippen molar-refractivity contribution in [1.29, 1.82) is 0 Å². The van der Waals surface area contributed by atoms with Gasteiger partial charge in [-0.2, -0.15) is 13.2 Å². The molecule has 1 saturated heterocycles. The third-order valence-corrected chi connectivity index (χ3v) is 5.69. The number of carbonyl (C=O) groups excluding carboxylic acids is 1. The summed E-state index contributed by atoms with van der Waals surface area (Å²) >= 11 is 0.949. The van der Waals surface area contributed by atoms with E-state index in [1.54, 1.807) is 7.05 Å². The zero-order chi connectivity index (χ0) is 21.6. The number of alkyl halides is 3. The van der Waals surface area contributed by atoms with E-state index in [2.05, 4.69) is 32.7 Å². The van der Waals surface area contributed by atoms with Crippen LogP contribution >= 0.6 is 35.3 Å². The molecular weight excluding hydrogens is 542 g/mol. The first-order chi connectivity index (χ1) is 14.3. The minimum atomic E-state index is -4.43. The normalized spacial score (nSPS) is 16.9. The highest BCUT2D eigenvalue weighted by Crippen LogP contribution is 2.29. The SMILES string of the molecule is CN=C(NCc1nc(C(F)(F)F)cs1)NCC1CC(=O)N(CCc2ccccc2)C1.I. The minimum absolute atomic E-state index is 0. The lowest BCUT2D eigenvalue weighted by atomic mass is 10.1. The number of hydrogen-bond acceptors (Lipinski definition) is 4. The summed E-state index contributed by atoms with van der Waals surface area (Å²) in [4.78, 5) is 21.8. The lowest BCUT2D eigenvalue weighted by molar-refractivity contribution is -0.140. The van der Waals surface area contributed by atoms with Crippen molar-refractivity contribution in [2.24, 2.45) is 10.9 Å². The van der Waals surface area contributed by atoms with E-state index in [9.17, 15) is 18.0 Å². The zero-order valence-electron chi connectivity index (χ0n) is 17.0. The highest BCUT2D eigenvalue weighted by atomic mass is 127. The molecule has 1 aliphatic rings. The maximum absolute atomic E-state index is 12.6. The Bertz CT molecular complexity index is 875. The summed E-state index contributed by atoms with van der Waals surface area (Å²) in [5.74, 6) is 0.764. The fourth-order valence-corrected chi connectivity index (χ4v) is 4.00. The van der Waals surface area contributed by atoms with E-state index in [-0.39, 0.29) is 42.3 Å². The molecule has 1 aromatic carbocycles. The average Bonchev–Trinajstić information content (AvgIpc) is 3.34. The molecule has 2 aromatic rings. The molecule has 11 heteroatoms. The smallest absolute Gasteiger partial charge is 0.356 e. The van der Waals surface area contributed by atoms with Crippen LogP contribution in [0.5, 0.6) is 0 Å². The van der Waals surface area contributed by atoms with Crippen molar-refractivity contribution in [3.05, 3.63) is 52.0 Å². The zero-order valence-corrected chi connectivity index (χ0v) is 20.1. The van der Waals surface area contributed by atoms with E-state index in [1.807, 2.05) is 23.1 Å². The van der Waals surface area contributed by atoms with Gasteiger partial charge in [-0.05, 0) is 12.0 Å². The van der Waals surface area contributed by atoms with Gasteiger partial charge >= 0.3 is 6.18 Å². The van der Waals surface area contributed by atoms with Gasteiger partial charge in [0.25, 0.3) is 0 Å². The molecule has 0 radical (unpaired) electrons. The van der Waals surface area contributed by atoms with Crippen LogP contribution in [-0.2, 0) is 23.9 Å². The lowest BCUT2D eigenvalue weighted by Crippen LogP contribution is -2.40. The van der Waals surface area contributed by atoms with E-state index in [0.717, 1.165) is 23.1 Å². The molecule has 1 aromatic heterocycles. The Kier molecular flexibility index (Phi) is 9.54. The number of likely N-dealkylation sites (tertiary alicyclic amines) is 1. The van der Waals surface area contributed by atoms with Crippen LogP contribution in [0.2, 0.25) is 0 Å². The average molecular weight is 567 g/mol. The quantitative estimate of drug-likeness (QED) is 0.305. The van der Waals surface area contributed by atoms with Gasteiger partial charge < -0.3 is 15.5 Å². The van der Waals surface area contributed by atoms with Gasteiger partial charge in [0.15, 0.2) is 11.7 Å². The number of aromatic nitrogens is 1. The number of benzene rings is 1. The third kappa shape index (κ3) is 7.63. The highest BCUT2D eigenvalue weighted by molar-refractivity contribution is 14.0. The molecule has 1 aliphatic heterocycles. The molecule has 0 spiro atoms. The van der Waals surface area contributed by atoms with Crippen molar-refractivity contribution >= 4 is 47.2 Å². The third-order valence-electron chi connectivity index (χ3n) is 4.84. The molecule has 31 heavy (non-hydrogen) atoms. The van der Waals surface area contributed by atoms with Gasteiger partial charge in [-0.15, -0.1) is 35.3 Å². The standard InChI is InChI=1S/C20H24F3N5OS.HI/c1-24-19(26-11-17-27-16(13-30-17)20(21,22)23)25-10-15-9-18(29)28(12-15)8-7-14-5-3-2-4-6-14;/h2-6,13,15H,7-12H2,1H3,(H2,24,25,26);1H. The van der Waals surface area contributed by atoms with Crippen molar-refractivity contribution in [3.63, 3.8) is 0 Å². The van der Waals surface area contributed by atoms with Gasteiger partial charge in [0, 0.05) is 44.4 Å². The van der Waals surface area contributed by atoms with E-state index in [1.165, 1.54) is 5.56 Å². The first-order valence-electron chi connectivity index (χ1n) is 9.63. The second-order valence-corrected chi connectivity index (χ2v) is 8.02. The van der Waals surface area contributed by atoms with Gasteiger partial charge in [-0.3, -0.25) is 9.79 Å². The van der Waals surface area contributed by atoms with Crippen molar-refractivity contribution in [3.8, 4) is 0 Å². The molecule has 1 unspecified atom stereocenters. The van der Waals surface area contributed by atoms with Crippen LogP contribution in [-0.4, -0.2) is 48.4 Å². The van der Waals surface area contributed by atoms with Crippen molar-refractivity contribution in [1.82, 2.24) is 20.5 Å². The van der Waals surface area contributed by atoms with Crippen molar-refractivity contribution < 1.29 is 18.0 Å². The molecule has 1 amide bonds. The molecule has 0 aliphatic carbocycles. The Hall–Kier alpha value is -1.89. The monoisotopic (exact) mass is 567 g/mol. The number of amides is 1. The fourth-order valence-electron chi connectivity index (χ4n) is 3.26. The maximum atomic E-state index is 12.6. The number of nitrogens with zero attached hydrogens (tertiary/aromatic N) is 3. The summed E-state index contributed by atoms with van der Waals surface area (Å²) in [6, 6.07) is 10.0. The Labute approximate surface area is 200 Å². The molecule has 1 atom stereocenters. The Morgan fingerprint density at radius 2 is 2.03 bits per heavy atom. The van der Waals surface area contributed by atoms with Gasteiger partial charge in [0.05, 0.1) is 6.54 Å². The van der Waals surface area contributed by atoms with Crippen LogP contribution in [0.25, 0.3) is 0 Å². The predicted octanol–water partition coefficient (Wildman–Crippen LogP) is 3.54. The summed E-state index contributed by atoms with van der Waals surface area (Å²) in [6.07, 6.45) is -3.14. The number of aliphatic imine (C=N–C) groups is 1. The molecule has 2 heterocycles. The van der Waals surface area contributed by atoms with Crippen LogP contribution in [0, 0.1) is 5.92 Å². The van der Waals surface area contributed by atoms with Gasteiger partial charge in [-0.1, -0.05) is 30.3 Å². The first-order valence-corrected chi connectivity index (χ1v) is 10.5. The predicted molar refractivity (Wildman–Crippen MR) is 126 cm³/mol. The topological polar surface area (TPSA) is 69.6 Å². The molecule has 170 valence electrons. The highest BCUT2D eigenvalue weighted by Gasteiger charge is 2.33. The number of hydrogen-bond donors (Lipinski definition) is 2. The Balaban J connectivity index is 0.00000341. The largest absolute Gasteiger partial charge is 0.434 e. The van der Waals surface area contributed by atoms with E-state index in [0.29, 0.717) is 37.0 Å². The van der Waals surface area contributed by atoms with Crippen LogP contribution in [0.15, 0.2) is 40.7 Å². The number of carbonyl (C=O) groups is 1. The van der Waals surface area contributed by atoms with Crippen LogP contribution < -0.4 is 10.6 Å². The number of nitrogens with one attached hydrogen (secondary N) is 2. The summed E-state index contributed by atoms with van der Waals surface area (Å²) in [5.41, 5.74) is 0.319. The van der Waals surface area contributed by atoms with Crippen LogP contribution in [0.3, 0.4) is 0 Å². The number of guanidine groups is 1. The molecule has 2 N–H and O–H groups in total. The fraction of sp³-hybridized carbons (Fsp3) is 0.450.